The Labute approximate surface area is 258 Å². The zero-order valence-corrected chi connectivity index (χ0v) is 26.7. The third-order valence-electron chi connectivity index (χ3n) is 7.34. The lowest BCUT2D eigenvalue weighted by molar-refractivity contribution is -0.145. The average Bonchev–Trinajstić information content (AvgIpc) is 3.60. The summed E-state index contributed by atoms with van der Waals surface area (Å²) in [5.74, 6) is 0.421. The van der Waals surface area contributed by atoms with E-state index in [2.05, 4.69) is 27.6 Å². The summed E-state index contributed by atoms with van der Waals surface area (Å²) in [6.45, 7) is 13.1. The highest BCUT2D eigenvalue weighted by Gasteiger charge is 2.27. The van der Waals surface area contributed by atoms with E-state index in [1.54, 1.807) is 23.9 Å². The maximum atomic E-state index is 13.7. The number of carbonyl (C=O) groups excluding carboxylic acids is 3. The van der Waals surface area contributed by atoms with Gasteiger partial charge in [-0.05, 0) is 57.4 Å². The molecule has 12 nitrogen and oxygen atoms in total. The second-order valence-electron chi connectivity index (χ2n) is 11.9. The van der Waals surface area contributed by atoms with Crippen LogP contribution in [0.3, 0.4) is 0 Å². The number of amides is 3. The van der Waals surface area contributed by atoms with Crippen molar-refractivity contribution in [2.75, 3.05) is 44.7 Å². The number of aromatic nitrogens is 2. The highest BCUT2D eigenvalue weighted by molar-refractivity contribution is 5.87. The summed E-state index contributed by atoms with van der Waals surface area (Å²) in [6.07, 6.45) is -0.433. The van der Waals surface area contributed by atoms with Gasteiger partial charge in [0.1, 0.15) is 5.60 Å². The van der Waals surface area contributed by atoms with Crippen molar-refractivity contribution in [3.8, 4) is 11.4 Å². The third kappa shape index (κ3) is 8.34. The Morgan fingerprint density at radius 2 is 1.73 bits per heavy atom. The molecular weight excluding hydrogens is 562 g/mol. The van der Waals surface area contributed by atoms with Crippen molar-refractivity contribution in [2.24, 2.45) is 0 Å². The second-order valence-corrected chi connectivity index (χ2v) is 11.9. The Morgan fingerprint density at radius 3 is 2.32 bits per heavy atom. The van der Waals surface area contributed by atoms with E-state index in [1.165, 1.54) is 16.0 Å². The first-order valence-electron chi connectivity index (χ1n) is 14.8. The molecule has 1 aliphatic heterocycles. The molecule has 0 bridgehead atoms. The molecule has 1 N–H and O–H groups in total. The number of hydrazine groups is 1. The highest BCUT2D eigenvalue weighted by Crippen LogP contribution is 2.28. The number of nitrogens with one attached hydrogen (secondary N) is 1. The van der Waals surface area contributed by atoms with Gasteiger partial charge in [0.25, 0.3) is 5.91 Å². The van der Waals surface area contributed by atoms with Crippen molar-refractivity contribution in [1.82, 2.24) is 30.4 Å². The molecule has 0 saturated heterocycles. The number of anilines is 1. The van der Waals surface area contributed by atoms with Gasteiger partial charge in [-0.15, -0.1) is 0 Å². The zero-order valence-electron chi connectivity index (χ0n) is 26.7. The van der Waals surface area contributed by atoms with E-state index < -0.39 is 11.7 Å². The number of hydrogen-bond donors (Lipinski definition) is 1. The van der Waals surface area contributed by atoms with Gasteiger partial charge >= 0.3 is 6.09 Å². The van der Waals surface area contributed by atoms with Gasteiger partial charge < -0.3 is 24.4 Å². The van der Waals surface area contributed by atoms with E-state index in [0.29, 0.717) is 49.1 Å². The SMILES string of the molecule is CCN(CCNC(=O)CN(CC(=O)N(C)N1Cc2ccccc2C1)c1cc(-c2noc(C)n2)ccc1C)C(=O)OC(C)(C)C. The lowest BCUT2D eigenvalue weighted by Gasteiger charge is -2.32. The molecule has 236 valence electrons. The van der Waals surface area contributed by atoms with Crippen LogP contribution >= 0.6 is 0 Å². The van der Waals surface area contributed by atoms with E-state index in [-0.39, 0.29) is 31.4 Å². The molecule has 1 aliphatic rings. The second kappa shape index (κ2) is 13.9. The topological polar surface area (TPSA) is 124 Å². The van der Waals surface area contributed by atoms with Crippen molar-refractivity contribution in [2.45, 2.75) is 60.2 Å². The minimum atomic E-state index is -0.613. The van der Waals surface area contributed by atoms with Crippen LogP contribution in [0.5, 0.6) is 0 Å². The molecule has 0 saturated carbocycles. The van der Waals surface area contributed by atoms with Crippen LogP contribution in [0.1, 0.15) is 50.3 Å². The van der Waals surface area contributed by atoms with Crippen LogP contribution in [0.4, 0.5) is 10.5 Å². The molecule has 3 aromatic rings. The number of likely N-dealkylation sites (N-methyl/N-ethyl adjacent to an activating group) is 2. The quantitative estimate of drug-likeness (QED) is 0.346. The molecule has 1 aromatic heterocycles. The largest absolute Gasteiger partial charge is 0.444 e. The summed E-state index contributed by atoms with van der Waals surface area (Å²) in [5.41, 5.74) is 4.06. The number of hydrogen-bond acceptors (Lipinski definition) is 9. The van der Waals surface area contributed by atoms with Crippen molar-refractivity contribution in [3.63, 3.8) is 0 Å². The van der Waals surface area contributed by atoms with Crippen LogP contribution in [-0.4, -0.2) is 88.3 Å². The molecule has 44 heavy (non-hydrogen) atoms. The Bertz CT molecular complexity index is 1460. The average molecular weight is 606 g/mol. The predicted molar refractivity (Wildman–Crippen MR) is 166 cm³/mol. The monoisotopic (exact) mass is 605 g/mol. The maximum Gasteiger partial charge on any atom is 0.410 e. The van der Waals surface area contributed by atoms with Crippen LogP contribution < -0.4 is 10.2 Å². The molecule has 0 atom stereocenters. The molecule has 4 rings (SSSR count). The molecular formula is C32H43N7O5. The molecule has 0 spiro atoms. The number of carbonyl (C=O) groups is 3. The molecule has 0 radical (unpaired) electrons. The van der Waals surface area contributed by atoms with Gasteiger partial charge in [0.05, 0.1) is 13.1 Å². The number of ether oxygens (including phenoxy) is 1. The molecule has 12 heteroatoms. The summed E-state index contributed by atoms with van der Waals surface area (Å²) in [7, 11) is 1.76. The summed E-state index contributed by atoms with van der Waals surface area (Å²) < 4.78 is 10.6. The van der Waals surface area contributed by atoms with Crippen LogP contribution in [0.25, 0.3) is 11.4 Å². The van der Waals surface area contributed by atoms with Crippen molar-refractivity contribution in [3.05, 3.63) is 65.0 Å². The van der Waals surface area contributed by atoms with Gasteiger partial charge in [-0.2, -0.15) is 4.98 Å². The summed E-state index contributed by atoms with van der Waals surface area (Å²) in [6, 6.07) is 13.8. The fourth-order valence-corrected chi connectivity index (χ4v) is 4.95. The summed E-state index contributed by atoms with van der Waals surface area (Å²) in [4.78, 5) is 47.1. The molecule has 0 unspecified atom stereocenters. The van der Waals surface area contributed by atoms with E-state index in [9.17, 15) is 14.4 Å². The molecule has 2 heterocycles. The van der Waals surface area contributed by atoms with Gasteiger partial charge in [-0.1, -0.05) is 41.6 Å². The molecule has 2 aromatic carbocycles. The van der Waals surface area contributed by atoms with Crippen LogP contribution in [0, 0.1) is 13.8 Å². The van der Waals surface area contributed by atoms with Gasteiger partial charge in [0.2, 0.25) is 17.6 Å². The van der Waals surface area contributed by atoms with Crippen LogP contribution in [0.15, 0.2) is 47.0 Å². The fourth-order valence-electron chi connectivity index (χ4n) is 4.95. The minimum Gasteiger partial charge on any atom is -0.444 e. The molecule has 0 aliphatic carbocycles. The van der Waals surface area contributed by atoms with E-state index in [0.717, 1.165) is 5.56 Å². The van der Waals surface area contributed by atoms with E-state index in [4.69, 9.17) is 9.26 Å². The Kier molecular flexibility index (Phi) is 10.3. The van der Waals surface area contributed by atoms with Crippen molar-refractivity contribution < 1.29 is 23.6 Å². The predicted octanol–water partition coefficient (Wildman–Crippen LogP) is 3.92. The first kappa shape index (κ1) is 32.5. The number of benzene rings is 2. The number of fused-ring (bicyclic) bond motifs is 1. The lowest BCUT2D eigenvalue weighted by Crippen LogP contribution is -2.48. The Morgan fingerprint density at radius 1 is 1.05 bits per heavy atom. The first-order chi connectivity index (χ1) is 20.8. The van der Waals surface area contributed by atoms with Gasteiger partial charge in [0.15, 0.2) is 0 Å². The van der Waals surface area contributed by atoms with Gasteiger partial charge in [0, 0.05) is 57.9 Å². The highest BCUT2D eigenvalue weighted by atomic mass is 16.6. The summed E-state index contributed by atoms with van der Waals surface area (Å²) >= 11 is 0. The van der Waals surface area contributed by atoms with E-state index >= 15 is 0 Å². The maximum absolute atomic E-state index is 13.7. The van der Waals surface area contributed by atoms with Gasteiger partial charge in [-0.25, -0.2) is 9.80 Å². The number of aryl methyl sites for hydroxylation is 2. The van der Waals surface area contributed by atoms with Crippen LogP contribution in [-0.2, 0) is 27.4 Å². The molecule has 3 amide bonds. The standard InChI is InChI=1S/C32H43N7O5/c1-8-37(31(42)43-32(4,5)6)16-15-33-28(40)20-38(27-17-24(14-13-22(27)2)30-34-23(3)44-35-30)21-29(41)36(7)39-18-25-11-9-10-12-26(25)19-39/h9-14,17H,8,15-16,18-21H2,1-7H3,(H,33,40). The normalized spacial score (nSPS) is 12.9. The summed E-state index contributed by atoms with van der Waals surface area (Å²) in [5, 5.41) is 10.6. The van der Waals surface area contributed by atoms with Crippen molar-refractivity contribution >= 4 is 23.6 Å². The zero-order chi connectivity index (χ0) is 32.0. The lowest BCUT2D eigenvalue weighted by atomic mass is 10.1. The molecule has 0 fully saturated rings. The van der Waals surface area contributed by atoms with Crippen LogP contribution in [0.2, 0.25) is 0 Å². The fraction of sp³-hybridized carbons (Fsp3) is 0.469. The number of nitrogens with zero attached hydrogens (tertiary/aromatic N) is 6. The minimum absolute atomic E-state index is 0.0364. The smallest absolute Gasteiger partial charge is 0.410 e. The number of rotatable bonds is 11. The van der Waals surface area contributed by atoms with Gasteiger partial charge in [-0.3, -0.25) is 14.6 Å². The Balaban J connectivity index is 1.48. The van der Waals surface area contributed by atoms with Crippen molar-refractivity contribution in [1.29, 1.82) is 0 Å². The first-order valence-corrected chi connectivity index (χ1v) is 14.8. The van der Waals surface area contributed by atoms with E-state index in [1.807, 2.05) is 70.0 Å². The Hall–Kier alpha value is -4.45. The third-order valence-corrected chi connectivity index (χ3v) is 7.34.